The number of carbonyl (C=O) groups excluding carboxylic acids is 2. The van der Waals surface area contributed by atoms with Crippen LogP contribution in [-0.4, -0.2) is 79.9 Å². The third-order valence-electron chi connectivity index (χ3n) is 8.08. The number of aromatic hydroxyl groups is 4. The van der Waals surface area contributed by atoms with Gasteiger partial charge in [0, 0.05) is 35.9 Å². The smallest absolute Gasteiger partial charge is 0.331 e. The van der Waals surface area contributed by atoms with Crippen molar-refractivity contribution >= 4 is 35.1 Å². The molecule has 0 unspecified atom stereocenters. The largest absolute Gasteiger partial charge is 0.508 e. The third-order valence-corrected chi connectivity index (χ3v) is 8.08. The van der Waals surface area contributed by atoms with E-state index in [1.54, 1.807) is 24.3 Å². The van der Waals surface area contributed by atoms with E-state index in [9.17, 15) is 45.0 Å². The van der Waals surface area contributed by atoms with Crippen LogP contribution < -0.4 is 10.2 Å². The first-order valence-electron chi connectivity index (χ1n) is 16.0. The zero-order valence-corrected chi connectivity index (χ0v) is 27.5. The summed E-state index contributed by atoms with van der Waals surface area (Å²) in [5.41, 5.74) is 0.908. The maximum atomic E-state index is 12.9. The zero-order valence-electron chi connectivity index (χ0n) is 27.5. The fourth-order valence-corrected chi connectivity index (χ4v) is 5.38. The quantitative estimate of drug-likeness (QED) is 0.0886. The highest BCUT2D eigenvalue weighted by Gasteiger charge is 2.48. The number of phenolic OH excluding ortho intramolecular Hbond substituents is 4. The number of aliphatic hydroxyl groups excluding tert-OH is 2. The summed E-state index contributed by atoms with van der Waals surface area (Å²) in [4.78, 5) is 38.4. The molecule has 0 aliphatic carbocycles. The molecule has 5 atom stereocenters. The van der Waals surface area contributed by atoms with Crippen LogP contribution in [0.2, 0.25) is 0 Å². The van der Waals surface area contributed by atoms with Crippen LogP contribution in [0.3, 0.4) is 0 Å². The van der Waals surface area contributed by atoms with E-state index in [1.807, 2.05) is 0 Å². The van der Waals surface area contributed by atoms with Crippen LogP contribution in [0.5, 0.6) is 28.7 Å². The Bertz CT molecular complexity index is 2210. The second-order valence-corrected chi connectivity index (χ2v) is 11.9. The summed E-state index contributed by atoms with van der Waals surface area (Å²) in [6.07, 6.45) is -3.39. The van der Waals surface area contributed by atoms with Gasteiger partial charge in [-0.3, -0.25) is 4.79 Å². The molecule has 1 aromatic heterocycles. The Balaban J connectivity index is 1.23. The van der Waals surface area contributed by atoms with Crippen molar-refractivity contribution in [1.82, 2.24) is 0 Å². The van der Waals surface area contributed by atoms with Crippen LogP contribution in [0, 0.1) is 0 Å². The van der Waals surface area contributed by atoms with Crippen LogP contribution in [0.15, 0.2) is 112 Å². The Morgan fingerprint density at radius 1 is 0.717 bits per heavy atom. The highest BCUT2D eigenvalue weighted by molar-refractivity contribution is 5.88. The Kier molecular flexibility index (Phi) is 10.7. The minimum absolute atomic E-state index is 0.000360. The summed E-state index contributed by atoms with van der Waals surface area (Å²) in [6.45, 7) is -0.587. The minimum atomic E-state index is -1.86. The van der Waals surface area contributed by atoms with E-state index in [4.69, 9.17) is 23.4 Å². The van der Waals surface area contributed by atoms with Crippen molar-refractivity contribution < 1.29 is 63.6 Å². The predicted octanol–water partition coefficient (Wildman–Crippen LogP) is 3.99. The maximum Gasteiger partial charge on any atom is 0.331 e. The Morgan fingerprint density at radius 2 is 1.28 bits per heavy atom. The molecule has 2 heterocycles. The average molecular weight is 725 g/mol. The van der Waals surface area contributed by atoms with E-state index in [-0.39, 0.29) is 39.7 Å². The molecule has 4 aromatic carbocycles. The summed E-state index contributed by atoms with van der Waals surface area (Å²) in [5, 5.41) is 61.4. The maximum absolute atomic E-state index is 12.9. The summed E-state index contributed by atoms with van der Waals surface area (Å²) >= 11 is 0. The summed E-state index contributed by atoms with van der Waals surface area (Å²) in [7, 11) is 0. The molecule has 1 fully saturated rings. The monoisotopic (exact) mass is 724 g/mol. The number of hydrogen-bond donors (Lipinski definition) is 6. The summed E-state index contributed by atoms with van der Waals surface area (Å²) < 4.78 is 28.3. The second kappa shape index (κ2) is 15.7. The van der Waals surface area contributed by atoms with Gasteiger partial charge in [0.05, 0.1) is 0 Å². The van der Waals surface area contributed by atoms with Gasteiger partial charge in [0.15, 0.2) is 11.5 Å². The van der Waals surface area contributed by atoms with Gasteiger partial charge in [-0.05, 0) is 71.8 Å². The van der Waals surface area contributed by atoms with Crippen molar-refractivity contribution in [1.29, 1.82) is 0 Å². The lowest BCUT2D eigenvalue weighted by Gasteiger charge is -2.41. The van der Waals surface area contributed by atoms with Crippen LogP contribution in [0.1, 0.15) is 11.1 Å². The van der Waals surface area contributed by atoms with Gasteiger partial charge in [-0.1, -0.05) is 24.3 Å². The molecule has 1 aliphatic rings. The number of esters is 2. The predicted molar refractivity (Wildman–Crippen MR) is 188 cm³/mol. The normalized spacial score (nSPS) is 20.1. The Morgan fingerprint density at radius 3 is 1.89 bits per heavy atom. The van der Waals surface area contributed by atoms with Gasteiger partial charge < -0.3 is 54.0 Å². The van der Waals surface area contributed by atoms with Crippen molar-refractivity contribution in [3.63, 3.8) is 0 Å². The molecule has 1 saturated heterocycles. The van der Waals surface area contributed by atoms with E-state index in [0.29, 0.717) is 16.7 Å². The van der Waals surface area contributed by atoms with Crippen LogP contribution in [-0.2, 0) is 23.8 Å². The molecule has 5 aromatic rings. The summed E-state index contributed by atoms with van der Waals surface area (Å²) in [5.74, 6) is -2.28. The van der Waals surface area contributed by atoms with Gasteiger partial charge in [0.2, 0.25) is 6.29 Å². The molecule has 6 N–H and O–H groups in total. The molecule has 0 bridgehead atoms. The first-order valence-corrected chi connectivity index (χ1v) is 16.0. The zero-order chi connectivity index (χ0) is 37.6. The number of phenols is 4. The Hall–Kier alpha value is -6.61. The molecule has 14 heteroatoms. The molecule has 0 saturated carbocycles. The molecule has 0 radical (unpaired) electrons. The first-order chi connectivity index (χ1) is 25.4. The number of fused-ring (bicyclic) bond motifs is 1. The second-order valence-electron chi connectivity index (χ2n) is 11.9. The molecule has 0 spiro atoms. The molecule has 1 aliphatic heterocycles. The molecule has 6 rings (SSSR count). The van der Waals surface area contributed by atoms with Gasteiger partial charge in [0.1, 0.15) is 70.4 Å². The van der Waals surface area contributed by atoms with Gasteiger partial charge in [-0.25, -0.2) is 9.59 Å². The average Bonchev–Trinajstić information content (AvgIpc) is 3.13. The molecular weight excluding hydrogens is 692 g/mol. The molecular formula is C39H32O14. The van der Waals surface area contributed by atoms with E-state index >= 15 is 0 Å². The van der Waals surface area contributed by atoms with Gasteiger partial charge in [-0.2, -0.15) is 0 Å². The first kappa shape index (κ1) is 36.2. The number of hydrogen-bond acceptors (Lipinski definition) is 14. The number of carbonyl (C=O) groups is 2. The fraction of sp³-hybridized carbons (Fsp3) is 0.154. The molecule has 272 valence electrons. The van der Waals surface area contributed by atoms with Gasteiger partial charge in [0.25, 0.3) is 0 Å². The standard InChI is InChI=1S/C39H32O14/c40-24-9-1-21(2-10-24)5-15-33(45)49-20-32-38(53-34(46)16-6-22-3-11-25(41)12-4-22)36(47)37(48)39(52-32)50-27-17-28(43)35-29(44)19-30(51-31(35)18-27)23-7-13-26(42)14-8-23/h1-19,32,36-43,47-48H,20H2/b15-5+,16-6+/t32-,36-,37-,38-,39-/m1/s1. The van der Waals surface area contributed by atoms with Crippen molar-refractivity contribution in [3.05, 3.63) is 124 Å². The SMILES string of the molecule is O=C(/C=C/c1ccc(O)cc1)OC[C@H]1O[C@@H](Oc2cc(O)c3c(=O)cc(-c4ccc(O)cc4)oc3c2)[C@H](O)[C@@H](O)[C@@H]1OC(=O)/C=C/c1ccc(O)cc1. The topological polar surface area (TPSA) is 223 Å². The van der Waals surface area contributed by atoms with Gasteiger partial charge >= 0.3 is 11.9 Å². The van der Waals surface area contributed by atoms with Crippen molar-refractivity contribution in [2.45, 2.75) is 30.7 Å². The van der Waals surface area contributed by atoms with Crippen molar-refractivity contribution in [3.8, 4) is 40.1 Å². The lowest BCUT2D eigenvalue weighted by atomic mass is 9.99. The summed E-state index contributed by atoms with van der Waals surface area (Å²) in [6, 6.07) is 21.3. The van der Waals surface area contributed by atoms with E-state index in [2.05, 4.69) is 0 Å². The lowest BCUT2D eigenvalue weighted by Crippen LogP contribution is -2.61. The molecule has 53 heavy (non-hydrogen) atoms. The highest BCUT2D eigenvalue weighted by Crippen LogP contribution is 2.34. The van der Waals surface area contributed by atoms with Crippen LogP contribution >= 0.6 is 0 Å². The van der Waals surface area contributed by atoms with E-state index in [0.717, 1.165) is 18.2 Å². The number of benzene rings is 4. The molecule has 14 nitrogen and oxygen atoms in total. The number of ether oxygens (including phenoxy) is 4. The van der Waals surface area contributed by atoms with Crippen molar-refractivity contribution in [2.24, 2.45) is 0 Å². The Labute approximate surface area is 300 Å². The fourth-order valence-electron chi connectivity index (χ4n) is 5.38. The number of rotatable bonds is 10. The van der Waals surface area contributed by atoms with Crippen molar-refractivity contribution in [2.75, 3.05) is 6.61 Å². The third kappa shape index (κ3) is 8.83. The van der Waals surface area contributed by atoms with E-state index < -0.39 is 60.4 Å². The highest BCUT2D eigenvalue weighted by atomic mass is 16.7. The minimum Gasteiger partial charge on any atom is -0.508 e. The lowest BCUT2D eigenvalue weighted by molar-refractivity contribution is -0.281. The van der Waals surface area contributed by atoms with Gasteiger partial charge in [-0.15, -0.1) is 0 Å². The van der Waals surface area contributed by atoms with Crippen LogP contribution in [0.25, 0.3) is 34.4 Å². The van der Waals surface area contributed by atoms with E-state index in [1.165, 1.54) is 72.8 Å². The van der Waals surface area contributed by atoms with Crippen LogP contribution in [0.4, 0.5) is 0 Å². The number of aliphatic hydroxyl groups is 2. The molecule has 0 amide bonds.